The van der Waals surface area contributed by atoms with Gasteiger partial charge < -0.3 is 15.2 Å². The van der Waals surface area contributed by atoms with E-state index in [-0.39, 0.29) is 0 Å². The van der Waals surface area contributed by atoms with E-state index in [4.69, 9.17) is 4.74 Å². The van der Waals surface area contributed by atoms with Gasteiger partial charge in [-0.1, -0.05) is 24.3 Å². The molecule has 2 aromatic carbocycles. The molecule has 19 heavy (non-hydrogen) atoms. The summed E-state index contributed by atoms with van der Waals surface area (Å²) in [4.78, 5) is 11.2. The summed E-state index contributed by atoms with van der Waals surface area (Å²) in [6, 6.07) is 11.0. The monoisotopic (exact) mass is 259 g/mol. The van der Waals surface area contributed by atoms with E-state index >= 15 is 0 Å². The Kier molecular flexibility index (Phi) is 4.36. The normalized spacial score (nSPS) is 10.6. The Morgan fingerprint density at radius 3 is 2.63 bits per heavy atom. The first-order valence-electron chi connectivity index (χ1n) is 6.22. The van der Waals surface area contributed by atoms with Gasteiger partial charge in [0.05, 0.1) is 5.56 Å². The second-order valence-corrected chi connectivity index (χ2v) is 4.28. The summed E-state index contributed by atoms with van der Waals surface area (Å²) in [5.41, 5.74) is 1.29. The van der Waals surface area contributed by atoms with Crippen molar-refractivity contribution in [1.29, 1.82) is 0 Å². The number of methoxy groups -OCH3 is 1. The summed E-state index contributed by atoms with van der Waals surface area (Å²) in [7, 11) is 1.68. The molecule has 0 fully saturated rings. The van der Waals surface area contributed by atoms with Gasteiger partial charge in [-0.25, -0.2) is 4.79 Å². The lowest BCUT2D eigenvalue weighted by Crippen LogP contribution is -2.06. The van der Waals surface area contributed by atoms with Gasteiger partial charge >= 0.3 is 5.97 Å². The smallest absolute Gasteiger partial charge is 0.336 e. The predicted molar refractivity (Wildman–Crippen MR) is 75.9 cm³/mol. The average Bonchev–Trinajstić information content (AvgIpc) is 2.43. The molecule has 2 rings (SSSR count). The van der Waals surface area contributed by atoms with Crippen LogP contribution in [0.3, 0.4) is 0 Å². The molecular weight excluding hydrogens is 242 g/mol. The van der Waals surface area contributed by atoms with Crippen LogP contribution in [-0.4, -0.2) is 31.3 Å². The molecule has 0 aliphatic carbocycles. The van der Waals surface area contributed by atoms with Crippen molar-refractivity contribution in [1.82, 2.24) is 0 Å². The van der Waals surface area contributed by atoms with E-state index in [9.17, 15) is 9.90 Å². The van der Waals surface area contributed by atoms with Crippen LogP contribution < -0.4 is 5.32 Å². The minimum Gasteiger partial charge on any atom is -0.478 e. The van der Waals surface area contributed by atoms with Crippen LogP contribution >= 0.6 is 0 Å². The van der Waals surface area contributed by atoms with Gasteiger partial charge in [-0.05, 0) is 23.9 Å². The zero-order valence-corrected chi connectivity index (χ0v) is 10.8. The highest BCUT2D eigenvalue weighted by Crippen LogP contribution is 2.26. The third kappa shape index (κ3) is 3.03. The number of carboxylic acid groups (broad SMARTS) is 1. The number of carboxylic acids is 1. The van der Waals surface area contributed by atoms with Crippen LogP contribution in [0.4, 0.5) is 5.69 Å². The molecule has 0 saturated carbocycles. The first-order chi connectivity index (χ1) is 9.24. The Bertz CT molecular complexity index is 581. The molecule has 2 N–H and O–H groups in total. The van der Waals surface area contributed by atoms with Crippen molar-refractivity contribution in [2.75, 3.05) is 25.6 Å². The molecule has 0 aromatic heterocycles. The van der Waals surface area contributed by atoms with Gasteiger partial charge in [-0.15, -0.1) is 0 Å². The number of hydrogen-bond donors (Lipinski definition) is 2. The summed E-state index contributed by atoms with van der Waals surface area (Å²) in [5.74, 6) is -0.901. The van der Waals surface area contributed by atoms with Crippen molar-refractivity contribution < 1.29 is 14.6 Å². The summed E-state index contributed by atoms with van der Waals surface area (Å²) < 4.78 is 5.00. The Morgan fingerprint density at radius 2 is 1.95 bits per heavy atom. The summed E-state index contributed by atoms with van der Waals surface area (Å²) in [6.45, 7) is 1.50. The van der Waals surface area contributed by atoms with Crippen LogP contribution in [0.2, 0.25) is 0 Å². The molecule has 100 valence electrons. The molecule has 0 saturated heterocycles. The lowest BCUT2D eigenvalue weighted by atomic mass is 10.0. The molecular formula is C15H17NO3. The first-order valence-corrected chi connectivity index (χ1v) is 6.22. The van der Waals surface area contributed by atoms with E-state index in [0.29, 0.717) is 12.2 Å². The third-order valence-electron chi connectivity index (χ3n) is 3.00. The van der Waals surface area contributed by atoms with Crippen molar-refractivity contribution in [3.63, 3.8) is 0 Å². The van der Waals surface area contributed by atoms with E-state index in [1.807, 2.05) is 30.3 Å². The Morgan fingerprint density at radius 1 is 1.21 bits per heavy atom. The van der Waals surface area contributed by atoms with Crippen LogP contribution in [0, 0.1) is 0 Å². The van der Waals surface area contributed by atoms with E-state index in [2.05, 4.69) is 5.32 Å². The minimum absolute atomic E-state index is 0.332. The number of fused-ring (bicyclic) bond motifs is 1. The molecule has 0 radical (unpaired) electrons. The van der Waals surface area contributed by atoms with Crippen molar-refractivity contribution in [2.24, 2.45) is 0 Å². The third-order valence-corrected chi connectivity index (χ3v) is 3.00. The van der Waals surface area contributed by atoms with E-state index in [0.717, 1.165) is 29.4 Å². The minimum atomic E-state index is -0.901. The number of ether oxygens (including phenoxy) is 1. The fourth-order valence-electron chi connectivity index (χ4n) is 2.08. The Balaban J connectivity index is 2.30. The van der Waals surface area contributed by atoms with Crippen molar-refractivity contribution in [2.45, 2.75) is 6.42 Å². The molecule has 0 amide bonds. The maximum Gasteiger partial charge on any atom is 0.336 e. The standard InChI is InChI=1S/C15H17NO3/c1-19-10-4-9-16-14-8-7-13(15(17)18)11-5-2-3-6-12(11)14/h2-3,5-8,16H,4,9-10H2,1H3,(H,17,18). The molecule has 0 spiro atoms. The number of hydrogen-bond acceptors (Lipinski definition) is 3. The number of rotatable bonds is 6. The average molecular weight is 259 g/mol. The topological polar surface area (TPSA) is 58.6 Å². The summed E-state index contributed by atoms with van der Waals surface area (Å²) >= 11 is 0. The number of anilines is 1. The molecule has 0 aliphatic rings. The molecule has 0 unspecified atom stereocenters. The van der Waals surface area contributed by atoms with E-state index in [1.54, 1.807) is 13.2 Å². The molecule has 2 aromatic rings. The molecule has 4 nitrogen and oxygen atoms in total. The van der Waals surface area contributed by atoms with E-state index < -0.39 is 5.97 Å². The van der Waals surface area contributed by atoms with Gasteiger partial charge in [-0.3, -0.25) is 0 Å². The summed E-state index contributed by atoms with van der Waals surface area (Å²) in [6.07, 6.45) is 0.908. The highest BCUT2D eigenvalue weighted by atomic mass is 16.5. The quantitative estimate of drug-likeness (QED) is 0.783. The Labute approximate surface area is 112 Å². The largest absolute Gasteiger partial charge is 0.478 e. The maximum absolute atomic E-state index is 11.2. The van der Waals surface area contributed by atoms with Gasteiger partial charge in [-0.2, -0.15) is 0 Å². The van der Waals surface area contributed by atoms with Crippen molar-refractivity contribution in [3.05, 3.63) is 42.0 Å². The van der Waals surface area contributed by atoms with Gasteiger partial charge in [0.25, 0.3) is 0 Å². The fraction of sp³-hybridized carbons (Fsp3) is 0.267. The van der Waals surface area contributed by atoms with Crippen LogP contribution in [-0.2, 0) is 4.74 Å². The summed E-state index contributed by atoms with van der Waals surface area (Å²) in [5, 5.41) is 14.2. The van der Waals surface area contributed by atoms with Gasteiger partial charge in [0, 0.05) is 31.3 Å². The number of aromatic carboxylic acids is 1. The lowest BCUT2D eigenvalue weighted by molar-refractivity contribution is 0.0699. The van der Waals surface area contributed by atoms with Gasteiger partial charge in [0.1, 0.15) is 0 Å². The molecule has 0 atom stereocenters. The van der Waals surface area contributed by atoms with Crippen molar-refractivity contribution >= 4 is 22.4 Å². The number of carbonyl (C=O) groups is 1. The number of nitrogens with one attached hydrogen (secondary N) is 1. The lowest BCUT2D eigenvalue weighted by Gasteiger charge is -2.11. The second-order valence-electron chi connectivity index (χ2n) is 4.28. The molecule has 0 aliphatic heterocycles. The zero-order chi connectivity index (χ0) is 13.7. The van der Waals surface area contributed by atoms with E-state index in [1.165, 1.54) is 0 Å². The number of benzene rings is 2. The second kappa shape index (κ2) is 6.20. The molecule has 4 heteroatoms. The SMILES string of the molecule is COCCCNc1ccc(C(=O)O)c2ccccc12. The molecule has 0 heterocycles. The van der Waals surface area contributed by atoms with Crippen molar-refractivity contribution in [3.8, 4) is 0 Å². The van der Waals surface area contributed by atoms with Crippen LogP contribution in [0.5, 0.6) is 0 Å². The highest BCUT2D eigenvalue weighted by Gasteiger charge is 2.10. The highest BCUT2D eigenvalue weighted by molar-refractivity contribution is 6.07. The maximum atomic E-state index is 11.2. The van der Waals surface area contributed by atoms with Crippen LogP contribution in [0.15, 0.2) is 36.4 Å². The fourth-order valence-corrected chi connectivity index (χ4v) is 2.08. The van der Waals surface area contributed by atoms with Crippen LogP contribution in [0.1, 0.15) is 16.8 Å². The molecule has 0 bridgehead atoms. The zero-order valence-electron chi connectivity index (χ0n) is 10.8. The van der Waals surface area contributed by atoms with Crippen LogP contribution in [0.25, 0.3) is 10.8 Å². The van der Waals surface area contributed by atoms with Gasteiger partial charge in [0.2, 0.25) is 0 Å². The Hall–Kier alpha value is -2.07. The van der Waals surface area contributed by atoms with Gasteiger partial charge in [0.15, 0.2) is 0 Å². The first kappa shape index (κ1) is 13.4. The predicted octanol–water partition coefficient (Wildman–Crippen LogP) is 2.99.